The highest BCUT2D eigenvalue weighted by atomic mass is 19.1. The smallest absolute Gasteiger partial charge is 0.340 e. The van der Waals surface area contributed by atoms with Gasteiger partial charge in [-0.25, -0.2) is 9.18 Å². The lowest BCUT2D eigenvalue weighted by molar-refractivity contribution is -0.149. The lowest BCUT2D eigenvalue weighted by Crippen LogP contribution is -2.19. The van der Waals surface area contributed by atoms with E-state index < -0.39 is 25.2 Å². The van der Waals surface area contributed by atoms with Crippen LogP contribution in [0.2, 0.25) is 0 Å². The molecule has 0 heterocycles. The third kappa shape index (κ3) is 3.37. The summed E-state index contributed by atoms with van der Waals surface area (Å²) in [4.78, 5) is 10.4. The van der Waals surface area contributed by atoms with E-state index in [-0.39, 0.29) is 6.61 Å². The summed E-state index contributed by atoms with van der Waals surface area (Å²) in [6.07, 6.45) is -2.20. The van der Waals surface area contributed by atoms with Crippen molar-refractivity contribution in [2.24, 2.45) is 0 Å². The molecule has 0 aromatic rings. The van der Waals surface area contributed by atoms with Gasteiger partial charge in [0.25, 0.3) is 0 Å². The van der Waals surface area contributed by atoms with Crippen LogP contribution in [0.15, 0.2) is 0 Å². The number of hydrogen-bond acceptors (Lipinski definition) is 2. The Morgan fingerprint density at radius 2 is 2.30 bits per heavy atom. The molecular weight excluding hydrogens is 142 g/mol. The van der Waals surface area contributed by atoms with E-state index in [9.17, 15) is 13.6 Å². The van der Waals surface area contributed by atoms with Crippen LogP contribution in [0, 0.1) is 0 Å². The van der Waals surface area contributed by atoms with Crippen LogP contribution in [0.4, 0.5) is 8.78 Å². The van der Waals surface area contributed by atoms with Gasteiger partial charge in [0.15, 0.2) is 6.17 Å². The standard InChI is InChI=1S/C6H10F2O2/c1-2-10-6(9)5(8)3-4-7/h5H,2-4H2,1H3. The summed E-state index contributed by atoms with van der Waals surface area (Å²) in [5.74, 6) is -0.972. The van der Waals surface area contributed by atoms with E-state index in [4.69, 9.17) is 0 Å². The van der Waals surface area contributed by atoms with Crippen molar-refractivity contribution in [3.05, 3.63) is 0 Å². The number of esters is 1. The van der Waals surface area contributed by atoms with Gasteiger partial charge < -0.3 is 4.74 Å². The van der Waals surface area contributed by atoms with E-state index in [0.29, 0.717) is 0 Å². The SMILES string of the molecule is CCOC(=O)C(F)CCF. The molecule has 60 valence electrons. The van der Waals surface area contributed by atoms with Gasteiger partial charge in [-0.1, -0.05) is 0 Å². The number of rotatable bonds is 4. The van der Waals surface area contributed by atoms with Crippen molar-refractivity contribution in [1.29, 1.82) is 0 Å². The van der Waals surface area contributed by atoms with Gasteiger partial charge in [0, 0.05) is 6.42 Å². The molecule has 0 amide bonds. The van der Waals surface area contributed by atoms with E-state index in [1.54, 1.807) is 6.92 Å². The van der Waals surface area contributed by atoms with E-state index in [1.165, 1.54) is 0 Å². The monoisotopic (exact) mass is 152 g/mol. The zero-order chi connectivity index (χ0) is 7.98. The predicted octanol–water partition coefficient (Wildman–Crippen LogP) is 1.25. The second-order valence-corrected chi connectivity index (χ2v) is 1.70. The largest absolute Gasteiger partial charge is 0.464 e. The first-order valence-electron chi connectivity index (χ1n) is 3.09. The van der Waals surface area contributed by atoms with Crippen LogP contribution in [0.3, 0.4) is 0 Å². The normalized spacial score (nSPS) is 12.7. The number of alkyl halides is 2. The minimum atomic E-state index is -1.80. The average molecular weight is 152 g/mol. The van der Waals surface area contributed by atoms with Gasteiger partial charge in [-0.2, -0.15) is 0 Å². The summed E-state index contributed by atoms with van der Waals surface area (Å²) in [5, 5.41) is 0. The molecule has 0 N–H and O–H groups in total. The zero-order valence-corrected chi connectivity index (χ0v) is 5.77. The fourth-order valence-electron chi connectivity index (χ4n) is 0.446. The number of carbonyl (C=O) groups excluding carboxylic acids is 1. The maximum atomic E-state index is 12.3. The number of carbonyl (C=O) groups is 1. The topological polar surface area (TPSA) is 26.3 Å². The van der Waals surface area contributed by atoms with Crippen LogP contribution >= 0.6 is 0 Å². The van der Waals surface area contributed by atoms with Crippen LogP contribution in [0.1, 0.15) is 13.3 Å². The molecule has 0 aromatic carbocycles. The Labute approximate surface area is 58.2 Å². The Bertz CT molecular complexity index is 106. The van der Waals surface area contributed by atoms with E-state index in [0.717, 1.165) is 0 Å². The highest BCUT2D eigenvalue weighted by Crippen LogP contribution is 2.00. The Hall–Kier alpha value is -0.670. The van der Waals surface area contributed by atoms with Gasteiger partial charge in [0.05, 0.1) is 13.3 Å². The van der Waals surface area contributed by atoms with E-state index >= 15 is 0 Å². The van der Waals surface area contributed by atoms with Crippen molar-refractivity contribution in [2.45, 2.75) is 19.5 Å². The molecule has 0 radical (unpaired) electrons. The molecule has 10 heavy (non-hydrogen) atoms. The Morgan fingerprint density at radius 3 is 2.70 bits per heavy atom. The molecule has 2 nitrogen and oxygen atoms in total. The molecule has 0 spiro atoms. The predicted molar refractivity (Wildman–Crippen MR) is 32.1 cm³/mol. The number of hydrogen-bond donors (Lipinski definition) is 0. The van der Waals surface area contributed by atoms with Crippen LogP contribution in [-0.2, 0) is 9.53 Å². The van der Waals surface area contributed by atoms with Gasteiger partial charge in [0.1, 0.15) is 0 Å². The molecule has 0 rings (SSSR count). The molecule has 4 heteroatoms. The molecule has 0 saturated heterocycles. The van der Waals surface area contributed by atoms with Gasteiger partial charge in [-0.3, -0.25) is 4.39 Å². The highest BCUT2D eigenvalue weighted by Gasteiger charge is 2.17. The third-order valence-corrected chi connectivity index (χ3v) is 0.905. The maximum Gasteiger partial charge on any atom is 0.340 e. The molecule has 0 fully saturated rings. The molecule has 0 aliphatic heterocycles. The molecule has 1 atom stereocenters. The zero-order valence-electron chi connectivity index (χ0n) is 5.77. The molecule has 1 unspecified atom stereocenters. The van der Waals surface area contributed by atoms with Crippen molar-refractivity contribution in [3.8, 4) is 0 Å². The van der Waals surface area contributed by atoms with E-state index in [1.807, 2.05) is 0 Å². The lowest BCUT2D eigenvalue weighted by Gasteiger charge is -2.03. The summed E-state index contributed by atoms with van der Waals surface area (Å²) in [5.41, 5.74) is 0. The maximum absolute atomic E-state index is 12.3. The van der Waals surface area contributed by atoms with Crippen molar-refractivity contribution >= 4 is 5.97 Å². The Morgan fingerprint density at radius 1 is 1.70 bits per heavy atom. The van der Waals surface area contributed by atoms with Crippen molar-refractivity contribution in [2.75, 3.05) is 13.3 Å². The first kappa shape index (κ1) is 9.33. The Kier molecular flexibility index (Phi) is 4.80. The molecular formula is C6H10F2O2. The van der Waals surface area contributed by atoms with Crippen molar-refractivity contribution < 1.29 is 18.3 Å². The van der Waals surface area contributed by atoms with Crippen LogP contribution in [0.5, 0.6) is 0 Å². The third-order valence-electron chi connectivity index (χ3n) is 0.905. The summed E-state index contributed by atoms with van der Waals surface area (Å²) in [6, 6.07) is 0. The fraction of sp³-hybridized carbons (Fsp3) is 0.833. The Balaban J connectivity index is 3.49. The molecule has 0 bridgehead atoms. The molecule has 0 aromatic heterocycles. The van der Waals surface area contributed by atoms with Crippen molar-refractivity contribution in [1.82, 2.24) is 0 Å². The lowest BCUT2D eigenvalue weighted by atomic mass is 10.3. The van der Waals surface area contributed by atoms with Crippen LogP contribution in [-0.4, -0.2) is 25.4 Å². The van der Waals surface area contributed by atoms with Gasteiger partial charge in [-0.05, 0) is 6.92 Å². The number of halogens is 2. The first-order chi connectivity index (χ1) is 4.72. The molecule has 0 aliphatic rings. The number of ether oxygens (including phenoxy) is 1. The minimum absolute atomic E-state index is 0.130. The highest BCUT2D eigenvalue weighted by molar-refractivity contribution is 5.74. The minimum Gasteiger partial charge on any atom is -0.464 e. The first-order valence-corrected chi connectivity index (χ1v) is 3.09. The second-order valence-electron chi connectivity index (χ2n) is 1.70. The summed E-state index contributed by atoms with van der Waals surface area (Å²) in [6.45, 7) is 0.867. The van der Waals surface area contributed by atoms with Gasteiger partial charge in [0.2, 0.25) is 0 Å². The second kappa shape index (κ2) is 5.14. The molecule has 0 saturated carbocycles. The summed E-state index contributed by atoms with van der Waals surface area (Å²) >= 11 is 0. The molecule has 0 aliphatic carbocycles. The van der Waals surface area contributed by atoms with Gasteiger partial charge in [-0.15, -0.1) is 0 Å². The average Bonchev–Trinajstić information content (AvgIpc) is 1.89. The summed E-state index contributed by atoms with van der Waals surface area (Å²) < 4.78 is 27.9. The van der Waals surface area contributed by atoms with Crippen molar-refractivity contribution in [3.63, 3.8) is 0 Å². The van der Waals surface area contributed by atoms with Crippen LogP contribution < -0.4 is 0 Å². The fourth-order valence-corrected chi connectivity index (χ4v) is 0.446. The summed E-state index contributed by atoms with van der Waals surface area (Å²) in [7, 11) is 0. The van der Waals surface area contributed by atoms with E-state index in [2.05, 4.69) is 4.74 Å². The van der Waals surface area contributed by atoms with Crippen LogP contribution in [0.25, 0.3) is 0 Å². The quantitative estimate of drug-likeness (QED) is 0.566. The van der Waals surface area contributed by atoms with Gasteiger partial charge >= 0.3 is 5.97 Å².